The van der Waals surface area contributed by atoms with Crippen LogP contribution in [0.15, 0.2) is 29.5 Å². The highest BCUT2D eigenvalue weighted by Gasteiger charge is 2.20. The predicted molar refractivity (Wildman–Crippen MR) is 89.9 cm³/mol. The maximum absolute atomic E-state index is 4.93. The summed E-state index contributed by atoms with van der Waals surface area (Å²) in [6.07, 6.45) is 6.59. The molecule has 4 aromatic rings. The second-order valence-electron chi connectivity index (χ2n) is 5.84. The Bertz CT molecular complexity index is 1090. The Balaban J connectivity index is 1.97. The van der Waals surface area contributed by atoms with Crippen molar-refractivity contribution < 1.29 is 0 Å². The highest BCUT2D eigenvalue weighted by molar-refractivity contribution is 6.10. The number of hydrogen-bond acceptors (Lipinski definition) is 4. The molecule has 0 spiro atoms. The summed E-state index contributed by atoms with van der Waals surface area (Å²) in [4.78, 5) is 9.40. The molecule has 0 saturated carbocycles. The Morgan fingerprint density at radius 1 is 1.09 bits per heavy atom. The van der Waals surface area contributed by atoms with Crippen molar-refractivity contribution in [2.45, 2.75) is 13.3 Å². The average molecular weight is 302 g/mol. The zero-order chi connectivity index (χ0) is 15.4. The molecule has 5 rings (SSSR count). The molecular formula is C17H14N6. The van der Waals surface area contributed by atoms with E-state index in [-0.39, 0.29) is 0 Å². The minimum Gasteiger partial charge on any atom is -0.292 e. The molecule has 1 aromatic carbocycles. The van der Waals surface area contributed by atoms with Gasteiger partial charge in [0, 0.05) is 40.4 Å². The van der Waals surface area contributed by atoms with E-state index >= 15 is 0 Å². The number of benzene rings is 1. The highest BCUT2D eigenvalue weighted by atomic mass is 15.1. The number of aliphatic imine (C=N–C) groups is 1. The van der Waals surface area contributed by atoms with Gasteiger partial charge in [-0.1, -0.05) is 0 Å². The van der Waals surface area contributed by atoms with Crippen molar-refractivity contribution in [1.29, 1.82) is 0 Å². The van der Waals surface area contributed by atoms with Gasteiger partial charge in [-0.15, -0.1) is 0 Å². The molecule has 23 heavy (non-hydrogen) atoms. The number of aromatic amines is 2. The summed E-state index contributed by atoms with van der Waals surface area (Å²) >= 11 is 0. The van der Waals surface area contributed by atoms with Crippen LogP contribution in [0.2, 0.25) is 0 Å². The number of aromatic nitrogens is 5. The van der Waals surface area contributed by atoms with E-state index in [1.54, 1.807) is 0 Å². The molecule has 2 N–H and O–H groups in total. The molecule has 6 heteroatoms. The number of fused-ring (bicyclic) bond motifs is 5. The van der Waals surface area contributed by atoms with Gasteiger partial charge >= 0.3 is 0 Å². The van der Waals surface area contributed by atoms with E-state index < -0.39 is 0 Å². The van der Waals surface area contributed by atoms with Crippen molar-refractivity contribution in [3.63, 3.8) is 0 Å². The Morgan fingerprint density at radius 3 is 2.87 bits per heavy atom. The van der Waals surface area contributed by atoms with E-state index in [2.05, 4.69) is 31.5 Å². The molecule has 6 nitrogen and oxygen atoms in total. The lowest BCUT2D eigenvalue weighted by Crippen LogP contribution is -2.08. The van der Waals surface area contributed by atoms with E-state index in [9.17, 15) is 0 Å². The molecule has 1 aliphatic rings. The molecule has 0 atom stereocenters. The van der Waals surface area contributed by atoms with Gasteiger partial charge in [0.05, 0.1) is 29.1 Å². The molecule has 3 aromatic heterocycles. The number of nitrogens with one attached hydrogen (secondary N) is 2. The van der Waals surface area contributed by atoms with E-state index in [1.807, 2.05) is 31.6 Å². The van der Waals surface area contributed by atoms with Crippen molar-refractivity contribution in [2.75, 3.05) is 6.54 Å². The summed E-state index contributed by atoms with van der Waals surface area (Å²) in [6, 6.07) is 4.09. The zero-order valence-electron chi connectivity index (χ0n) is 12.6. The summed E-state index contributed by atoms with van der Waals surface area (Å²) in [5.41, 5.74) is 7.42. The first-order valence-corrected chi connectivity index (χ1v) is 7.62. The van der Waals surface area contributed by atoms with Crippen LogP contribution in [0, 0.1) is 6.92 Å². The number of H-pyrrole nitrogens is 2. The standard InChI is InChI=1S/C17H14N6/c1-9-11(7-19-22-9)17-12-6-18-5-4-10(12)16-13-8-20-23-14(13)2-3-15(16)21-17/h2-3,6-8H,4-5H2,1H3,(H,19,22)(H,20,23). The van der Waals surface area contributed by atoms with Gasteiger partial charge in [0.1, 0.15) is 0 Å². The van der Waals surface area contributed by atoms with E-state index in [4.69, 9.17) is 4.98 Å². The maximum Gasteiger partial charge on any atom is 0.0834 e. The fraction of sp³-hybridized carbons (Fsp3) is 0.176. The van der Waals surface area contributed by atoms with Crippen LogP contribution < -0.4 is 0 Å². The van der Waals surface area contributed by atoms with Gasteiger partial charge in [0.25, 0.3) is 0 Å². The monoisotopic (exact) mass is 302 g/mol. The van der Waals surface area contributed by atoms with Gasteiger partial charge in [-0.05, 0) is 31.0 Å². The molecule has 0 unspecified atom stereocenters. The van der Waals surface area contributed by atoms with Gasteiger partial charge < -0.3 is 0 Å². The molecule has 0 saturated heterocycles. The number of aryl methyl sites for hydroxylation is 1. The summed E-state index contributed by atoms with van der Waals surface area (Å²) in [5, 5.41) is 16.7. The molecule has 0 radical (unpaired) electrons. The van der Waals surface area contributed by atoms with Crippen molar-refractivity contribution in [2.24, 2.45) is 4.99 Å². The first-order chi connectivity index (χ1) is 11.3. The minimum absolute atomic E-state index is 0.810. The third-order valence-electron chi connectivity index (χ3n) is 4.51. The molecule has 4 heterocycles. The third-order valence-corrected chi connectivity index (χ3v) is 4.51. The number of pyridine rings is 1. The SMILES string of the molecule is Cc1[nH]ncc1-c1nc2ccc3[nH]ncc3c2c2c1C=NCC2. The third kappa shape index (κ3) is 1.69. The molecule has 0 fully saturated rings. The predicted octanol–water partition coefficient (Wildman–Crippen LogP) is 2.78. The van der Waals surface area contributed by atoms with Crippen LogP contribution in [0.3, 0.4) is 0 Å². The van der Waals surface area contributed by atoms with Crippen LogP contribution in [0.25, 0.3) is 33.1 Å². The lowest BCUT2D eigenvalue weighted by molar-refractivity contribution is 0.959. The second kappa shape index (κ2) is 4.49. The van der Waals surface area contributed by atoms with Crippen LogP contribution in [0.5, 0.6) is 0 Å². The molecule has 1 aliphatic heterocycles. The van der Waals surface area contributed by atoms with E-state index in [1.165, 1.54) is 10.9 Å². The maximum atomic E-state index is 4.93. The summed E-state index contributed by atoms with van der Waals surface area (Å²) in [7, 11) is 0. The quantitative estimate of drug-likeness (QED) is 0.567. The molecular weight excluding hydrogens is 288 g/mol. The molecule has 112 valence electrons. The Morgan fingerprint density at radius 2 is 2.00 bits per heavy atom. The van der Waals surface area contributed by atoms with Crippen molar-refractivity contribution in [3.8, 4) is 11.3 Å². The van der Waals surface area contributed by atoms with Gasteiger partial charge in [-0.25, -0.2) is 4.98 Å². The van der Waals surface area contributed by atoms with Gasteiger partial charge in [-0.3, -0.25) is 15.2 Å². The Kier molecular flexibility index (Phi) is 2.44. The number of nitrogens with zero attached hydrogens (tertiary/aromatic N) is 4. The van der Waals surface area contributed by atoms with Crippen LogP contribution in [-0.4, -0.2) is 38.1 Å². The first kappa shape index (κ1) is 12.5. The zero-order valence-corrected chi connectivity index (χ0v) is 12.6. The minimum atomic E-state index is 0.810. The van der Waals surface area contributed by atoms with Gasteiger partial charge in [0.15, 0.2) is 0 Å². The Labute approximate surface area is 131 Å². The molecule has 0 amide bonds. The highest BCUT2D eigenvalue weighted by Crippen LogP contribution is 2.35. The van der Waals surface area contributed by atoms with Crippen LogP contribution in [0.1, 0.15) is 16.8 Å². The fourth-order valence-corrected chi connectivity index (χ4v) is 3.40. The lowest BCUT2D eigenvalue weighted by atomic mass is 9.93. The van der Waals surface area contributed by atoms with Crippen LogP contribution >= 0.6 is 0 Å². The summed E-state index contributed by atoms with van der Waals surface area (Å²) in [6.45, 7) is 2.82. The second-order valence-corrected chi connectivity index (χ2v) is 5.84. The molecule has 0 bridgehead atoms. The van der Waals surface area contributed by atoms with Crippen molar-refractivity contribution >= 4 is 28.0 Å². The lowest BCUT2D eigenvalue weighted by Gasteiger charge is -2.17. The van der Waals surface area contributed by atoms with Crippen LogP contribution in [-0.2, 0) is 6.42 Å². The molecule has 0 aliphatic carbocycles. The number of hydrogen-bond donors (Lipinski definition) is 2. The van der Waals surface area contributed by atoms with Gasteiger partial charge in [0.2, 0.25) is 0 Å². The summed E-state index contributed by atoms with van der Waals surface area (Å²) in [5.74, 6) is 0. The normalized spacial score (nSPS) is 13.8. The van der Waals surface area contributed by atoms with E-state index in [0.29, 0.717) is 0 Å². The average Bonchev–Trinajstić information content (AvgIpc) is 3.22. The van der Waals surface area contributed by atoms with Crippen molar-refractivity contribution in [1.82, 2.24) is 25.4 Å². The van der Waals surface area contributed by atoms with E-state index in [0.717, 1.165) is 51.9 Å². The Hall–Kier alpha value is -3.02. The van der Waals surface area contributed by atoms with Crippen LogP contribution in [0.4, 0.5) is 0 Å². The van der Waals surface area contributed by atoms with Gasteiger partial charge in [-0.2, -0.15) is 10.2 Å². The first-order valence-electron chi connectivity index (χ1n) is 7.62. The fourth-order valence-electron chi connectivity index (χ4n) is 3.40. The van der Waals surface area contributed by atoms with Crippen molar-refractivity contribution in [3.05, 3.63) is 41.3 Å². The summed E-state index contributed by atoms with van der Waals surface area (Å²) < 4.78 is 0. The topological polar surface area (TPSA) is 82.6 Å². The smallest absolute Gasteiger partial charge is 0.0834 e. The number of rotatable bonds is 1. The largest absolute Gasteiger partial charge is 0.292 e.